The van der Waals surface area contributed by atoms with Gasteiger partial charge in [-0.2, -0.15) is 0 Å². The molecule has 7 heteroatoms. The number of anilines is 1. The summed E-state index contributed by atoms with van der Waals surface area (Å²) in [4.78, 5) is 17.8. The fourth-order valence-electron chi connectivity index (χ4n) is 3.78. The summed E-state index contributed by atoms with van der Waals surface area (Å²) in [5, 5.41) is 11.9. The van der Waals surface area contributed by atoms with Crippen molar-refractivity contribution in [2.75, 3.05) is 18.4 Å². The summed E-state index contributed by atoms with van der Waals surface area (Å²) in [5.41, 5.74) is 1.72. The first-order valence-corrected chi connectivity index (χ1v) is 8.94. The van der Waals surface area contributed by atoms with Crippen molar-refractivity contribution in [2.24, 2.45) is 0 Å². The van der Waals surface area contributed by atoms with Crippen LogP contribution in [-0.2, 0) is 4.79 Å². The molecule has 0 unspecified atom stereocenters. The number of hydroxylamine groups is 1. The summed E-state index contributed by atoms with van der Waals surface area (Å²) in [6.07, 6.45) is 10.2. The zero-order valence-electron chi connectivity index (χ0n) is 14.2. The van der Waals surface area contributed by atoms with E-state index in [1.165, 1.54) is 50.3 Å². The molecule has 1 aliphatic carbocycles. The minimum atomic E-state index is -1.17. The van der Waals surface area contributed by atoms with Crippen LogP contribution in [0.2, 0.25) is 0 Å². The number of piperidine rings is 1. The molecule has 1 saturated carbocycles. The second-order valence-corrected chi connectivity index (χ2v) is 6.83. The van der Waals surface area contributed by atoms with Crippen LogP contribution in [0.3, 0.4) is 0 Å². The van der Waals surface area contributed by atoms with Gasteiger partial charge in [-0.15, -0.1) is 0 Å². The molecule has 2 aliphatic rings. The smallest absolute Gasteiger partial charge is 0.303 e. The summed E-state index contributed by atoms with van der Waals surface area (Å²) in [7, 11) is 0. The molecule has 0 radical (unpaired) electrons. The number of pyridine rings is 1. The number of nitrogens with zero attached hydrogens (tertiary/aromatic N) is 2. The Kier molecular flexibility index (Phi) is 5.99. The molecular weight excluding hydrogens is 323 g/mol. The Bertz CT molecular complexity index is 614. The van der Waals surface area contributed by atoms with Crippen molar-refractivity contribution in [1.82, 2.24) is 15.4 Å². The molecule has 0 bridgehead atoms. The molecule has 136 valence electrons. The van der Waals surface area contributed by atoms with E-state index in [1.807, 2.05) is 0 Å². The van der Waals surface area contributed by atoms with Crippen molar-refractivity contribution in [1.29, 1.82) is 0 Å². The molecule has 1 aliphatic heterocycles. The van der Waals surface area contributed by atoms with E-state index in [0.717, 1.165) is 30.9 Å². The summed E-state index contributed by atoms with van der Waals surface area (Å²) in [5.74, 6) is -1.48. The first-order chi connectivity index (χ1) is 12.2. The van der Waals surface area contributed by atoms with Crippen LogP contribution in [0, 0.1) is 0 Å². The van der Waals surface area contributed by atoms with Gasteiger partial charge < -0.3 is 5.32 Å². The van der Waals surface area contributed by atoms with E-state index in [-0.39, 0.29) is 0 Å². The third kappa shape index (κ3) is 4.76. The molecule has 2 fully saturated rings. The van der Waals surface area contributed by atoms with Gasteiger partial charge in [0.1, 0.15) is 5.82 Å². The largest absolute Gasteiger partial charge is 0.366 e. The molecule has 25 heavy (non-hydrogen) atoms. The molecule has 2 heterocycles. The lowest BCUT2D eigenvalue weighted by Crippen LogP contribution is -2.46. The Labute approximate surface area is 147 Å². The monoisotopic (exact) mass is 348 g/mol. The first kappa shape index (κ1) is 17.8. The fourth-order valence-corrected chi connectivity index (χ4v) is 3.78. The normalized spacial score (nSPS) is 22.8. The van der Waals surface area contributed by atoms with E-state index in [1.54, 1.807) is 12.1 Å². The van der Waals surface area contributed by atoms with Crippen LogP contribution in [-0.4, -0.2) is 46.2 Å². The lowest BCUT2D eigenvalue weighted by Gasteiger charge is -2.37. The Morgan fingerprint density at radius 2 is 2.08 bits per heavy atom. The van der Waals surface area contributed by atoms with E-state index in [9.17, 15) is 9.18 Å². The van der Waals surface area contributed by atoms with E-state index in [0.29, 0.717) is 11.6 Å². The number of carbonyl (C=O) groups excluding carboxylic acids is 1. The van der Waals surface area contributed by atoms with Gasteiger partial charge in [-0.3, -0.25) is 14.9 Å². The maximum atomic E-state index is 13.4. The van der Waals surface area contributed by atoms with Crippen molar-refractivity contribution >= 4 is 17.8 Å². The summed E-state index contributed by atoms with van der Waals surface area (Å²) in [6, 6.07) is 4.59. The molecule has 1 atom stereocenters. The van der Waals surface area contributed by atoms with Crippen LogP contribution >= 0.6 is 0 Å². The van der Waals surface area contributed by atoms with Crippen molar-refractivity contribution in [3.05, 3.63) is 29.7 Å². The van der Waals surface area contributed by atoms with Crippen molar-refractivity contribution in [3.63, 3.8) is 0 Å². The molecule has 0 aromatic carbocycles. The highest BCUT2D eigenvalue weighted by molar-refractivity contribution is 5.94. The van der Waals surface area contributed by atoms with E-state index in [4.69, 9.17) is 5.21 Å². The molecule has 0 spiro atoms. The van der Waals surface area contributed by atoms with Crippen molar-refractivity contribution < 1.29 is 14.4 Å². The summed E-state index contributed by atoms with van der Waals surface area (Å²) in [6.45, 7) is 2.23. The van der Waals surface area contributed by atoms with Crippen LogP contribution in [0.15, 0.2) is 24.2 Å². The lowest BCUT2D eigenvalue weighted by molar-refractivity contribution is -0.126. The van der Waals surface area contributed by atoms with Crippen LogP contribution in [0.1, 0.15) is 44.1 Å². The SMILES string of the molecule is O=C(NO)/C(F)=C/c1ccc(N[C@@H]2CCCN(C3CCCC3)C2)nc1. The third-order valence-corrected chi connectivity index (χ3v) is 5.04. The second kappa shape index (κ2) is 8.40. The van der Waals surface area contributed by atoms with Crippen LogP contribution in [0.5, 0.6) is 0 Å². The minimum absolute atomic E-state index is 0.375. The molecule has 3 rings (SSSR count). The fraction of sp³-hybridized carbons (Fsp3) is 0.556. The molecule has 1 aromatic rings. The Morgan fingerprint density at radius 3 is 2.76 bits per heavy atom. The van der Waals surface area contributed by atoms with E-state index >= 15 is 0 Å². The van der Waals surface area contributed by atoms with Gasteiger partial charge in [0.25, 0.3) is 0 Å². The van der Waals surface area contributed by atoms with Gasteiger partial charge in [0.15, 0.2) is 5.83 Å². The van der Waals surface area contributed by atoms with Gasteiger partial charge in [0.05, 0.1) is 0 Å². The summed E-state index contributed by atoms with van der Waals surface area (Å²) < 4.78 is 13.4. The minimum Gasteiger partial charge on any atom is -0.366 e. The highest BCUT2D eigenvalue weighted by Gasteiger charge is 2.27. The number of likely N-dealkylation sites (tertiary alicyclic amines) is 1. The number of amides is 1. The van der Waals surface area contributed by atoms with Gasteiger partial charge >= 0.3 is 5.91 Å². The molecule has 6 nitrogen and oxygen atoms in total. The van der Waals surface area contributed by atoms with Crippen LogP contribution in [0.25, 0.3) is 6.08 Å². The summed E-state index contributed by atoms with van der Waals surface area (Å²) >= 11 is 0. The van der Waals surface area contributed by atoms with E-state index in [2.05, 4.69) is 15.2 Å². The zero-order valence-corrected chi connectivity index (χ0v) is 14.2. The van der Waals surface area contributed by atoms with Gasteiger partial charge in [-0.25, -0.2) is 14.9 Å². The molecule has 1 amide bonds. The van der Waals surface area contributed by atoms with Gasteiger partial charge in [-0.1, -0.05) is 12.8 Å². The Morgan fingerprint density at radius 1 is 1.28 bits per heavy atom. The predicted octanol–water partition coefficient (Wildman–Crippen LogP) is 2.72. The number of hydrogen-bond acceptors (Lipinski definition) is 5. The van der Waals surface area contributed by atoms with Gasteiger partial charge in [0.2, 0.25) is 0 Å². The topological polar surface area (TPSA) is 77.5 Å². The third-order valence-electron chi connectivity index (χ3n) is 5.04. The highest BCUT2D eigenvalue weighted by Crippen LogP contribution is 2.26. The number of carbonyl (C=O) groups is 1. The van der Waals surface area contributed by atoms with Gasteiger partial charge in [0, 0.05) is 24.8 Å². The first-order valence-electron chi connectivity index (χ1n) is 8.94. The van der Waals surface area contributed by atoms with Crippen LogP contribution < -0.4 is 10.8 Å². The number of hydrogen-bond donors (Lipinski definition) is 3. The number of halogens is 1. The second-order valence-electron chi connectivity index (χ2n) is 6.83. The number of nitrogens with one attached hydrogen (secondary N) is 2. The standard InChI is InChI=1S/C18H25FN4O2/c19-16(18(24)22-25)10-13-7-8-17(20-11-13)21-14-4-3-9-23(12-14)15-5-1-2-6-15/h7-8,10-11,14-15,25H,1-6,9,12H2,(H,20,21)(H,22,24)/b16-10-/t14-/m1/s1. The maximum absolute atomic E-state index is 13.4. The van der Waals surface area contributed by atoms with Crippen molar-refractivity contribution in [3.8, 4) is 0 Å². The average Bonchev–Trinajstić information content (AvgIpc) is 3.17. The van der Waals surface area contributed by atoms with Crippen LogP contribution in [0.4, 0.5) is 10.2 Å². The lowest BCUT2D eigenvalue weighted by atomic mass is 10.0. The molecular formula is C18H25FN4O2. The Hall–Kier alpha value is -1.99. The zero-order chi connectivity index (χ0) is 17.6. The number of rotatable bonds is 5. The van der Waals surface area contributed by atoms with E-state index < -0.39 is 11.7 Å². The average molecular weight is 348 g/mol. The molecule has 3 N–H and O–H groups in total. The Balaban J connectivity index is 1.56. The predicted molar refractivity (Wildman–Crippen MR) is 93.7 cm³/mol. The van der Waals surface area contributed by atoms with Gasteiger partial charge in [-0.05, 0) is 56.0 Å². The quantitative estimate of drug-likeness (QED) is 0.433. The molecule has 1 saturated heterocycles. The number of aromatic nitrogens is 1. The maximum Gasteiger partial charge on any atom is 0.303 e. The highest BCUT2D eigenvalue weighted by atomic mass is 19.1. The van der Waals surface area contributed by atoms with Crippen molar-refractivity contribution in [2.45, 2.75) is 50.6 Å². The molecule has 1 aromatic heterocycles.